The summed E-state index contributed by atoms with van der Waals surface area (Å²) in [6, 6.07) is 10.5. The van der Waals surface area contributed by atoms with Crippen LogP contribution in [0.2, 0.25) is 5.02 Å². The Balaban J connectivity index is 1.96. The molecule has 1 heterocycles. The first-order valence-electron chi connectivity index (χ1n) is 7.59. The molecule has 3 rings (SSSR count). The van der Waals surface area contributed by atoms with Gasteiger partial charge in [-0.3, -0.25) is 14.9 Å². The molecule has 8 nitrogen and oxygen atoms in total. The molecule has 0 aliphatic carbocycles. The molecule has 0 atom stereocenters. The Labute approximate surface area is 157 Å². The van der Waals surface area contributed by atoms with Crippen LogP contribution in [-0.4, -0.2) is 22.8 Å². The smallest absolute Gasteiger partial charge is 0.363 e. The van der Waals surface area contributed by atoms with E-state index < -0.39 is 22.5 Å². The van der Waals surface area contributed by atoms with Gasteiger partial charge in [-0.1, -0.05) is 23.7 Å². The monoisotopic (exact) mass is 386 g/mol. The van der Waals surface area contributed by atoms with Crippen LogP contribution in [0.3, 0.4) is 0 Å². The molecule has 0 aromatic heterocycles. The standard InChI is InChI=1S/C18H11ClN2O6/c1-10(22)26-16-6-5-11(8-15(16)21(24)25)7-14-18(23)27-17(20-14)12-3-2-4-13(19)9-12/h2-9H,1H3/b14-7-. The second-order valence-corrected chi connectivity index (χ2v) is 5.86. The molecule has 0 fully saturated rings. The van der Waals surface area contributed by atoms with Crippen LogP contribution >= 0.6 is 11.6 Å². The zero-order valence-electron chi connectivity index (χ0n) is 13.8. The minimum Gasteiger partial charge on any atom is -0.419 e. The van der Waals surface area contributed by atoms with Gasteiger partial charge in [-0.05, 0) is 35.9 Å². The van der Waals surface area contributed by atoms with Crippen molar-refractivity contribution in [2.75, 3.05) is 0 Å². The normalized spacial score (nSPS) is 14.7. The lowest BCUT2D eigenvalue weighted by molar-refractivity contribution is -0.385. The molecule has 1 aliphatic heterocycles. The van der Waals surface area contributed by atoms with Crippen molar-refractivity contribution in [3.05, 3.63) is 74.4 Å². The van der Waals surface area contributed by atoms with Crippen molar-refractivity contribution < 1.29 is 24.0 Å². The summed E-state index contributed by atoms with van der Waals surface area (Å²) >= 11 is 5.91. The van der Waals surface area contributed by atoms with Crippen LogP contribution in [0.15, 0.2) is 53.2 Å². The summed E-state index contributed by atoms with van der Waals surface area (Å²) in [6.07, 6.45) is 1.34. The van der Waals surface area contributed by atoms with Crippen molar-refractivity contribution >= 4 is 41.2 Å². The molecule has 0 saturated carbocycles. The average molecular weight is 387 g/mol. The fourth-order valence-electron chi connectivity index (χ4n) is 2.32. The number of aliphatic imine (C=N–C) groups is 1. The molecule has 0 spiro atoms. The SMILES string of the molecule is CC(=O)Oc1ccc(/C=C2\N=C(c3cccc(Cl)c3)OC2=O)cc1[N+](=O)[O-]. The molecule has 136 valence electrons. The van der Waals surface area contributed by atoms with Crippen LogP contribution in [0.25, 0.3) is 6.08 Å². The first kappa shape index (κ1) is 18.3. The molecule has 0 unspecified atom stereocenters. The van der Waals surface area contributed by atoms with Crippen LogP contribution in [0.4, 0.5) is 5.69 Å². The summed E-state index contributed by atoms with van der Waals surface area (Å²) in [5, 5.41) is 11.6. The number of nitro groups is 1. The van der Waals surface area contributed by atoms with Gasteiger partial charge in [0.05, 0.1) is 4.92 Å². The van der Waals surface area contributed by atoms with Crippen molar-refractivity contribution in [2.45, 2.75) is 6.92 Å². The van der Waals surface area contributed by atoms with Gasteiger partial charge in [0.2, 0.25) is 11.6 Å². The molecule has 9 heteroatoms. The average Bonchev–Trinajstić information content (AvgIpc) is 2.96. The zero-order valence-corrected chi connectivity index (χ0v) is 14.6. The lowest BCUT2D eigenvalue weighted by Crippen LogP contribution is -2.05. The van der Waals surface area contributed by atoms with Crippen molar-refractivity contribution in [3.63, 3.8) is 0 Å². The van der Waals surface area contributed by atoms with Gasteiger partial charge in [0.25, 0.3) is 0 Å². The highest BCUT2D eigenvalue weighted by molar-refractivity contribution is 6.31. The fourth-order valence-corrected chi connectivity index (χ4v) is 2.51. The molecule has 0 N–H and O–H groups in total. The molecular weight excluding hydrogens is 376 g/mol. The Morgan fingerprint density at radius 2 is 2.07 bits per heavy atom. The van der Waals surface area contributed by atoms with E-state index in [0.29, 0.717) is 16.1 Å². The number of nitro benzene ring substituents is 1. The first-order chi connectivity index (χ1) is 12.8. The summed E-state index contributed by atoms with van der Waals surface area (Å²) < 4.78 is 9.93. The van der Waals surface area contributed by atoms with Crippen molar-refractivity contribution in [2.24, 2.45) is 4.99 Å². The van der Waals surface area contributed by atoms with Gasteiger partial charge < -0.3 is 9.47 Å². The van der Waals surface area contributed by atoms with Gasteiger partial charge in [0.1, 0.15) is 0 Å². The Bertz CT molecular complexity index is 1030. The highest BCUT2D eigenvalue weighted by atomic mass is 35.5. The zero-order chi connectivity index (χ0) is 19.6. The van der Waals surface area contributed by atoms with Crippen LogP contribution in [0.1, 0.15) is 18.1 Å². The largest absolute Gasteiger partial charge is 0.419 e. The number of hydrogen-bond donors (Lipinski definition) is 0. The van der Waals surface area contributed by atoms with Gasteiger partial charge in [-0.2, -0.15) is 0 Å². The molecule has 0 bridgehead atoms. The fraction of sp³-hybridized carbons (Fsp3) is 0.0556. The third-order valence-electron chi connectivity index (χ3n) is 3.43. The number of benzene rings is 2. The lowest BCUT2D eigenvalue weighted by atomic mass is 10.1. The molecule has 2 aromatic carbocycles. The Hall–Kier alpha value is -3.52. The van der Waals surface area contributed by atoms with Crippen LogP contribution in [-0.2, 0) is 14.3 Å². The minimum absolute atomic E-state index is 0.0282. The molecule has 1 aliphatic rings. The van der Waals surface area contributed by atoms with Gasteiger partial charge in [0.15, 0.2) is 5.70 Å². The third-order valence-corrected chi connectivity index (χ3v) is 3.66. The molecule has 27 heavy (non-hydrogen) atoms. The van der Waals surface area contributed by atoms with E-state index in [0.717, 1.165) is 6.92 Å². The van der Waals surface area contributed by atoms with E-state index in [1.165, 1.54) is 24.3 Å². The topological polar surface area (TPSA) is 108 Å². The Morgan fingerprint density at radius 1 is 1.30 bits per heavy atom. The Morgan fingerprint density at radius 3 is 2.74 bits per heavy atom. The number of cyclic esters (lactones) is 1. The molecule has 0 saturated heterocycles. The maximum atomic E-state index is 12.0. The van der Waals surface area contributed by atoms with E-state index in [4.69, 9.17) is 21.1 Å². The Kier molecular flexibility index (Phi) is 5.00. The van der Waals surface area contributed by atoms with E-state index in [-0.39, 0.29) is 17.3 Å². The lowest BCUT2D eigenvalue weighted by Gasteiger charge is -2.03. The number of carbonyl (C=O) groups is 2. The van der Waals surface area contributed by atoms with Gasteiger partial charge in [-0.15, -0.1) is 0 Å². The minimum atomic E-state index is -0.698. The highest BCUT2D eigenvalue weighted by Crippen LogP contribution is 2.30. The van der Waals surface area contributed by atoms with Gasteiger partial charge >= 0.3 is 17.6 Å². The quantitative estimate of drug-likeness (QED) is 0.261. The van der Waals surface area contributed by atoms with Gasteiger partial charge in [-0.25, -0.2) is 9.79 Å². The maximum absolute atomic E-state index is 12.0. The van der Waals surface area contributed by atoms with Crippen molar-refractivity contribution in [1.29, 1.82) is 0 Å². The molecular formula is C18H11ClN2O6. The number of nitrogens with zero attached hydrogens (tertiary/aromatic N) is 2. The number of carbonyl (C=O) groups excluding carboxylic acids is 2. The summed E-state index contributed by atoms with van der Waals surface area (Å²) in [4.78, 5) is 37.7. The number of rotatable bonds is 4. The predicted octanol–water partition coefficient (Wildman–Crippen LogP) is 3.52. The van der Waals surface area contributed by atoms with Crippen LogP contribution in [0.5, 0.6) is 5.75 Å². The molecule has 2 aromatic rings. The third kappa shape index (κ3) is 4.18. The second kappa shape index (κ2) is 7.38. The number of ether oxygens (including phenoxy) is 2. The van der Waals surface area contributed by atoms with E-state index in [2.05, 4.69) is 4.99 Å². The van der Waals surface area contributed by atoms with Crippen LogP contribution < -0.4 is 4.74 Å². The second-order valence-electron chi connectivity index (χ2n) is 5.42. The highest BCUT2D eigenvalue weighted by Gasteiger charge is 2.25. The van der Waals surface area contributed by atoms with E-state index in [9.17, 15) is 19.7 Å². The number of halogens is 1. The number of esters is 2. The first-order valence-corrected chi connectivity index (χ1v) is 7.96. The summed E-state index contributed by atoms with van der Waals surface area (Å²) in [5.41, 5.74) is 0.403. The summed E-state index contributed by atoms with van der Waals surface area (Å²) in [5.74, 6) is -1.48. The van der Waals surface area contributed by atoms with E-state index in [1.54, 1.807) is 24.3 Å². The molecule has 0 amide bonds. The molecule has 0 radical (unpaired) electrons. The summed E-state index contributed by atoms with van der Waals surface area (Å²) in [6.45, 7) is 1.14. The van der Waals surface area contributed by atoms with E-state index >= 15 is 0 Å². The summed E-state index contributed by atoms with van der Waals surface area (Å²) in [7, 11) is 0. The van der Waals surface area contributed by atoms with E-state index in [1.807, 2.05) is 0 Å². The predicted molar refractivity (Wildman–Crippen MR) is 96.5 cm³/mol. The van der Waals surface area contributed by atoms with Gasteiger partial charge in [0, 0.05) is 23.6 Å². The number of hydrogen-bond acceptors (Lipinski definition) is 7. The van der Waals surface area contributed by atoms with Crippen molar-refractivity contribution in [1.82, 2.24) is 0 Å². The van der Waals surface area contributed by atoms with Crippen molar-refractivity contribution in [3.8, 4) is 5.75 Å². The van der Waals surface area contributed by atoms with Crippen LogP contribution in [0, 0.1) is 10.1 Å². The maximum Gasteiger partial charge on any atom is 0.363 e.